The molecular weight excluding hydrogens is 208 g/mol. The molecule has 1 aliphatic rings. The number of H-pyrrole nitrogens is 1. The first-order valence-corrected chi connectivity index (χ1v) is 6.53. The lowest BCUT2D eigenvalue weighted by Crippen LogP contribution is -2.22. The van der Waals surface area contributed by atoms with Crippen LogP contribution in [0.2, 0.25) is 0 Å². The Bertz CT molecular complexity index is 506. The number of nitrogens with zero attached hydrogens (tertiary/aromatic N) is 1. The Morgan fingerprint density at radius 2 is 2.00 bits per heavy atom. The minimum atomic E-state index is 0.355. The van der Waals surface area contributed by atoms with Gasteiger partial charge in [-0.15, -0.1) is 0 Å². The highest BCUT2D eigenvalue weighted by Gasteiger charge is 2.42. The number of imidazole rings is 1. The summed E-state index contributed by atoms with van der Waals surface area (Å²) in [5.74, 6) is 2.53. The van der Waals surface area contributed by atoms with Crippen molar-refractivity contribution in [2.75, 3.05) is 0 Å². The Balaban J connectivity index is 2.04. The molecule has 1 aromatic carbocycles. The number of rotatable bonds is 1. The average Bonchev–Trinajstić information content (AvgIpc) is 2.81. The lowest BCUT2D eigenvalue weighted by Gasteiger charge is -2.29. The van der Waals surface area contributed by atoms with E-state index in [4.69, 9.17) is 4.98 Å². The highest BCUT2D eigenvalue weighted by atomic mass is 14.9. The first kappa shape index (κ1) is 10.8. The molecule has 0 aliphatic heterocycles. The Labute approximate surface area is 102 Å². The molecule has 0 bridgehead atoms. The summed E-state index contributed by atoms with van der Waals surface area (Å²) in [6.07, 6.45) is 2.57. The van der Waals surface area contributed by atoms with E-state index in [2.05, 4.69) is 50.0 Å². The standard InChI is InChI=1S/C15H20N2/c1-10-8-9-11(15(10,2)3)14-16-12-6-4-5-7-13(12)17-14/h4-7,10-11H,8-9H2,1-3H3,(H,16,17)/t10-,11-/m0/s1. The highest BCUT2D eigenvalue weighted by Crippen LogP contribution is 2.51. The molecule has 1 saturated carbocycles. The van der Waals surface area contributed by atoms with Crippen LogP contribution in [0, 0.1) is 11.3 Å². The van der Waals surface area contributed by atoms with Crippen molar-refractivity contribution in [1.29, 1.82) is 0 Å². The fraction of sp³-hybridized carbons (Fsp3) is 0.533. The van der Waals surface area contributed by atoms with E-state index in [0.717, 1.165) is 17.0 Å². The third kappa shape index (κ3) is 1.58. The van der Waals surface area contributed by atoms with Gasteiger partial charge in [0.2, 0.25) is 0 Å². The number of para-hydroxylation sites is 2. The maximum Gasteiger partial charge on any atom is 0.110 e. The van der Waals surface area contributed by atoms with Gasteiger partial charge >= 0.3 is 0 Å². The third-order valence-electron chi connectivity index (χ3n) is 4.79. The molecule has 2 nitrogen and oxygen atoms in total. The Morgan fingerprint density at radius 1 is 1.24 bits per heavy atom. The maximum atomic E-state index is 4.77. The lowest BCUT2D eigenvalue weighted by atomic mass is 9.76. The largest absolute Gasteiger partial charge is 0.342 e. The SMILES string of the molecule is C[C@H]1CC[C@@H](c2nc3ccccc3[nH]2)C1(C)C. The zero-order valence-electron chi connectivity index (χ0n) is 10.8. The van der Waals surface area contributed by atoms with Crippen LogP contribution in [0.1, 0.15) is 45.4 Å². The molecule has 0 spiro atoms. The number of hydrogen-bond acceptors (Lipinski definition) is 1. The predicted molar refractivity (Wildman–Crippen MR) is 71.0 cm³/mol. The van der Waals surface area contributed by atoms with Gasteiger partial charge in [-0.25, -0.2) is 4.98 Å². The van der Waals surface area contributed by atoms with E-state index >= 15 is 0 Å². The monoisotopic (exact) mass is 228 g/mol. The summed E-state index contributed by atoms with van der Waals surface area (Å²) in [5, 5.41) is 0. The van der Waals surface area contributed by atoms with Gasteiger partial charge in [0.25, 0.3) is 0 Å². The lowest BCUT2D eigenvalue weighted by molar-refractivity contribution is 0.243. The summed E-state index contributed by atoms with van der Waals surface area (Å²) in [6.45, 7) is 7.12. The Hall–Kier alpha value is -1.31. The van der Waals surface area contributed by atoms with Crippen LogP contribution < -0.4 is 0 Å². The van der Waals surface area contributed by atoms with E-state index in [9.17, 15) is 0 Å². The second kappa shape index (κ2) is 3.59. The van der Waals surface area contributed by atoms with Gasteiger partial charge in [0.05, 0.1) is 11.0 Å². The third-order valence-corrected chi connectivity index (χ3v) is 4.79. The van der Waals surface area contributed by atoms with E-state index in [1.54, 1.807) is 0 Å². The molecule has 1 N–H and O–H groups in total. The fourth-order valence-electron chi connectivity index (χ4n) is 3.13. The second-order valence-corrected chi connectivity index (χ2v) is 5.99. The van der Waals surface area contributed by atoms with Gasteiger partial charge in [-0.1, -0.05) is 32.9 Å². The van der Waals surface area contributed by atoms with Crippen molar-refractivity contribution in [3.63, 3.8) is 0 Å². The molecule has 0 saturated heterocycles. The number of aromatic nitrogens is 2. The van der Waals surface area contributed by atoms with Crippen molar-refractivity contribution in [3.05, 3.63) is 30.1 Å². The van der Waals surface area contributed by atoms with Gasteiger partial charge in [-0.05, 0) is 36.3 Å². The molecule has 2 atom stereocenters. The van der Waals surface area contributed by atoms with Crippen molar-refractivity contribution < 1.29 is 0 Å². The first-order chi connectivity index (χ1) is 8.09. The molecule has 1 heterocycles. The molecule has 3 rings (SSSR count). The van der Waals surface area contributed by atoms with Crippen LogP contribution >= 0.6 is 0 Å². The van der Waals surface area contributed by atoms with E-state index in [0.29, 0.717) is 11.3 Å². The summed E-state index contributed by atoms with van der Waals surface area (Å²) in [4.78, 5) is 8.27. The maximum absolute atomic E-state index is 4.77. The van der Waals surface area contributed by atoms with Gasteiger partial charge < -0.3 is 4.98 Å². The van der Waals surface area contributed by atoms with Crippen LogP contribution in [-0.2, 0) is 0 Å². The zero-order chi connectivity index (χ0) is 12.0. The van der Waals surface area contributed by atoms with Crippen LogP contribution in [0.25, 0.3) is 11.0 Å². The van der Waals surface area contributed by atoms with E-state index in [1.165, 1.54) is 18.7 Å². The molecule has 1 fully saturated rings. The molecule has 0 radical (unpaired) electrons. The molecule has 2 aromatic rings. The average molecular weight is 228 g/mol. The van der Waals surface area contributed by atoms with Crippen molar-refractivity contribution in [3.8, 4) is 0 Å². The number of hydrogen-bond donors (Lipinski definition) is 1. The second-order valence-electron chi connectivity index (χ2n) is 5.99. The smallest absolute Gasteiger partial charge is 0.110 e. The molecule has 2 heteroatoms. The molecule has 1 aliphatic carbocycles. The Morgan fingerprint density at radius 3 is 2.65 bits per heavy atom. The topological polar surface area (TPSA) is 28.7 Å². The van der Waals surface area contributed by atoms with E-state index in [-0.39, 0.29) is 0 Å². The van der Waals surface area contributed by atoms with Crippen LogP contribution in [0.15, 0.2) is 24.3 Å². The van der Waals surface area contributed by atoms with Gasteiger partial charge in [0.15, 0.2) is 0 Å². The van der Waals surface area contributed by atoms with E-state index in [1.807, 2.05) is 0 Å². The summed E-state index contributed by atoms with van der Waals surface area (Å²) >= 11 is 0. The molecule has 0 unspecified atom stereocenters. The van der Waals surface area contributed by atoms with E-state index < -0.39 is 0 Å². The Kier molecular flexibility index (Phi) is 2.29. The molecule has 0 amide bonds. The van der Waals surface area contributed by atoms with Gasteiger partial charge in [-0.2, -0.15) is 0 Å². The predicted octanol–water partition coefficient (Wildman–Crippen LogP) is 4.10. The molecule has 90 valence electrons. The van der Waals surface area contributed by atoms with Crippen molar-refractivity contribution in [1.82, 2.24) is 9.97 Å². The quantitative estimate of drug-likeness (QED) is 0.782. The van der Waals surface area contributed by atoms with Gasteiger partial charge in [0.1, 0.15) is 5.82 Å². The van der Waals surface area contributed by atoms with Gasteiger partial charge in [0, 0.05) is 5.92 Å². The first-order valence-electron chi connectivity index (χ1n) is 6.53. The number of nitrogens with one attached hydrogen (secondary N) is 1. The van der Waals surface area contributed by atoms with Crippen LogP contribution in [0.3, 0.4) is 0 Å². The minimum absolute atomic E-state index is 0.355. The van der Waals surface area contributed by atoms with Crippen molar-refractivity contribution >= 4 is 11.0 Å². The summed E-state index contributed by atoms with van der Waals surface area (Å²) in [6, 6.07) is 8.31. The van der Waals surface area contributed by atoms with Crippen LogP contribution in [-0.4, -0.2) is 9.97 Å². The van der Waals surface area contributed by atoms with Crippen LogP contribution in [0.5, 0.6) is 0 Å². The minimum Gasteiger partial charge on any atom is -0.342 e. The molecular formula is C15H20N2. The van der Waals surface area contributed by atoms with Crippen molar-refractivity contribution in [2.24, 2.45) is 11.3 Å². The summed E-state index contributed by atoms with van der Waals surface area (Å²) in [7, 11) is 0. The summed E-state index contributed by atoms with van der Waals surface area (Å²) < 4.78 is 0. The van der Waals surface area contributed by atoms with Crippen molar-refractivity contribution in [2.45, 2.75) is 39.5 Å². The fourth-order valence-corrected chi connectivity index (χ4v) is 3.13. The normalized spacial score (nSPS) is 27.7. The van der Waals surface area contributed by atoms with Gasteiger partial charge in [-0.3, -0.25) is 0 Å². The highest BCUT2D eigenvalue weighted by molar-refractivity contribution is 5.74. The summed E-state index contributed by atoms with van der Waals surface area (Å²) in [5.41, 5.74) is 2.61. The van der Waals surface area contributed by atoms with Crippen LogP contribution in [0.4, 0.5) is 0 Å². The number of benzene rings is 1. The number of aromatic amines is 1. The zero-order valence-corrected chi connectivity index (χ0v) is 10.8. The molecule has 17 heavy (non-hydrogen) atoms. The number of fused-ring (bicyclic) bond motifs is 1. The molecule has 1 aromatic heterocycles.